The number of imidazole rings is 2. The van der Waals surface area contributed by atoms with Gasteiger partial charge in [-0.05, 0) is 62.1 Å². The number of hydrogen-bond donors (Lipinski definition) is 4. The summed E-state index contributed by atoms with van der Waals surface area (Å²) in [7, 11) is 0. The van der Waals surface area contributed by atoms with Crippen LogP contribution in [0.25, 0.3) is 22.2 Å². The highest BCUT2D eigenvalue weighted by atomic mass is 16.6. The fourth-order valence-corrected chi connectivity index (χ4v) is 6.35. The third-order valence-corrected chi connectivity index (χ3v) is 8.92. The molecule has 4 heterocycles. The second kappa shape index (κ2) is 14.5. The molecule has 1 aliphatic carbocycles. The number of aliphatic hydroxyl groups is 2. The van der Waals surface area contributed by atoms with Gasteiger partial charge < -0.3 is 25.7 Å². The van der Waals surface area contributed by atoms with E-state index in [1.54, 1.807) is 4.57 Å². The molecule has 1 saturated heterocycles. The number of benzene rings is 1. The van der Waals surface area contributed by atoms with E-state index in [1.807, 2.05) is 27.7 Å². The Morgan fingerprint density at radius 1 is 1.07 bits per heavy atom. The van der Waals surface area contributed by atoms with Gasteiger partial charge in [0.2, 0.25) is 0 Å². The lowest BCUT2D eigenvalue weighted by molar-refractivity contribution is -0.0620. The molecule has 3 aromatic heterocycles. The molecular weight excluding hydrogens is 568 g/mol. The second-order valence-electron chi connectivity index (χ2n) is 13.1. The maximum absolute atomic E-state index is 10.9. The van der Waals surface area contributed by atoms with E-state index in [0.717, 1.165) is 42.5 Å². The minimum atomic E-state index is -1.11. The standard InChI is InChI=1S/C30H42N8O3.2C2H6/c1-16(2)37(13-22-25(39)26(40)29(41-22)38-15-34-24-27(31)32-14-33-28(24)38)19-10-17(11-19)6-9-23-35-20-8-7-18(30(3,4)5)12-21(20)36-23;2*1-2/h7-8,12,14-17,19,22,25-26,29,39-40H,6,9-11,13H2,1-5H3,(H,35,36)(H2,31,32,33);2*1-2H3/t17?,19?,22-,25-,26-,29-;;/m1../s1. The molecule has 4 aromatic rings. The fourth-order valence-electron chi connectivity index (χ4n) is 6.35. The van der Waals surface area contributed by atoms with Gasteiger partial charge in [0.1, 0.15) is 36.0 Å². The van der Waals surface area contributed by atoms with Crippen molar-refractivity contribution in [3.8, 4) is 0 Å². The number of ether oxygens (including phenoxy) is 1. The number of hydrogen-bond acceptors (Lipinski definition) is 9. The highest BCUT2D eigenvalue weighted by molar-refractivity contribution is 5.81. The number of aromatic nitrogens is 6. The van der Waals surface area contributed by atoms with Crippen molar-refractivity contribution in [3.05, 3.63) is 42.2 Å². The number of nitrogen functional groups attached to an aromatic ring is 1. The zero-order valence-corrected chi connectivity index (χ0v) is 28.5. The van der Waals surface area contributed by atoms with Crippen molar-refractivity contribution < 1.29 is 14.9 Å². The number of H-pyrrole nitrogens is 1. The molecule has 11 nitrogen and oxygen atoms in total. The van der Waals surface area contributed by atoms with Crippen LogP contribution in [0.5, 0.6) is 0 Å². The largest absolute Gasteiger partial charge is 0.387 e. The topological polar surface area (TPSA) is 151 Å². The first-order valence-electron chi connectivity index (χ1n) is 16.7. The first kappa shape index (κ1) is 34.7. The van der Waals surface area contributed by atoms with Crippen LogP contribution in [-0.4, -0.2) is 81.5 Å². The minimum Gasteiger partial charge on any atom is -0.387 e. The average Bonchev–Trinajstić information content (AvgIpc) is 3.69. The van der Waals surface area contributed by atoms with Crippen molar-refractivity contribution in [2.75, 3.05) is 12.3 Å². The van der Waals surface area contributed by atoms with Crippen molar-refractivity contribution in [1.82, 2.24) is 34.4 Å². The van der Waals surface area contributed by atoms with Gasteiger partial charge in [-0.25, -0.2) is 19.9 Å². The van der Waals surface area contributed by atoms with Crippen molar-refractivity contribution in [2.24, 2.45) is 5.92 Å². The maximum Gasteiger partial charge on any atom is 0.167 e. The van der Waals surface area contributed by atoms with E-state index in [4.69, 9.17) is 15.5 Å². The molecule has 45 heavy (non-hydrogen) atoms. The molecule has 1 aliphatic heterocycles. The summed E-state index contributed by atoms with van der Waals surface area (Å²) in [4.78, 5) is 23.3. The Morgan fingerprint density at radius 3 is 2.44 bits per heavy atom. The monoisotopic (exact) mass is 622 g/mol. The zero-order valence-electron chi connectivity index (χ0n) is 28.5. The van der Waals surface area contributed by atoms with Crippen molar-refractivity contribution >= 4 is 28.0 Å². The lowest BCUT2D eigenvalue weighted by Gasteiger charge is -2.46. The predicted molar refractivity (Wildman–Crippen MR) is 180 cm³/mol. The molecular formula is C34H54N8O3. The van der Waals surface area contributed by atoms with Gasteiger partial charge in [0.15, 0.2) is 17.7 Å². The Bertz CT molecular complexity index is 1520. The third kappa shape index (κ3) is 7.32. The van der Waals surface area contributed by atoms with Crippen molar-refractivity contribution in [3.63, 3.8) is 0 Å². The molecule has 11 heteroatoms. The quantitative estimate of drug-likeness (QED) is 0.203. The smallest absolute Gasteiger partial charge is 0.167 e. The summed E-state index contributed by atoms with van der Waals surface area (Å²) in [6, 6.07) is 7.22. The maximum atomic E-state index is 10.9. The first-order chi connectivity index (χ1) is 21.5. The Kier molecular flexibility index (Phi) is 11.2. The molecule has 248 valence electrons. The van der Waals surface area contributed by atoms with Crippen LogP contribution in [0.15, 0.2) is 30.9 Å². The molecule has 0 unspecified atom stereocenters. The average molecular weight is 623 g/mol. The molecule has 2 aliphatic rings. The third-order valence-electron chi connectivity index (χ3n) is 8.92. The van der Waals surface area contributed by atoms with Gasteiger partial charge in [-0.1, -0.05) is 54.5 Å². The molecule has 0 radical (unpaired) electrons. The Balaban J connectivity index is 0.00000111. The van der Waals surface area contributed by atoms with Gasteiger partial charge in [-0.2, -0.15) is 0 Å². The number of nitrogens with two attached hydrogens (primary N) is 1. The molecule has 1 aromatic carbocycles. The number of anilines is 1. The lowest BCUT2D eigenvalue weighted by Crippen LogP contribution is -2.52. The van der Waals surface area contributed by atoms with Crippen molar-refractivity contribution in [2.45, 2.75) is 130 Å². The van der Waals surface area contributed by atoms with Gasteiger partial charge in [0, 0.05) is 25.0 Å². The molecule has 0 spiro atoms. The summed E-state index contributed by atoms with van der Waals surface area (Å²) in [6.45, 7) is 19.6. The van der Waals surface area contributed by atoms with Crippen LogP contribution in [0.2, 0.25) is 0 Å². The normalized spacial score (nSPS) is 24.8. The van der Waals surface area contributed by atoms with E-state index >= 15 is 0 Å². The van der Waals surface area contributed by atoms with E-state index in [9.17, 15) is 10.2 Å². The molecule has 4 atom stereocenters. The van der Waals surface area contributed by atoms with E-state index in [1.165, 1.54) is 18.2 Å². The predicted octanol–water partition coefficient (Wildman–Crippen LogP) is 5.38. The van der Waals surface area contributed by atoms with Crippen LogP contribution >= 0.6 is 0 Å². The summed E-state index contributed by atoms with van der Waals surface area (Å²) in [6.07, 6.45) is 3.63. The van der Waals surface area contributed by atoms with Gasteiger partial charge in [-0.3, -0.25) is 9.47 Å². The Labute approximate surface area is 267 Å². The summed E-state index contributed by atoms with van der Waals surface area (Å²) < 4.78 is 7.86. The summed E-state index contributed by atoms with van der Waals surface area (Å²) >= 11 is 0. The first-order valence-corrected chi connectivity index (χ1v) is 16.7. The molecule has 6 rings (SSSR count). The van der Waals surface area contributed by atoms with E-state index in [0.29, 0.717) is 29.7 Å². The SMILES string of the molecule is CC.CC.CC(C)N(C[C@H]1O[C@@H](n2cnc3c(N)ncnc32)[C@H](O)[C@@H]1O)C1CC(CCc2nc3ccc(C(C)(C)C)cc3[nH]2)C1. The number of nitrogens with zero attached hydrogens (tertiary/aromatic N) is 6. The number of aliphatic hydroxyl groups excluding tert-OH is 2. The van der Waals surface area contributed by atoms with Gasteiger partial charge in [0.25, 0.3) is 0 Å². The van der Waals surface area contributed by atoms with Crippen LogP contribution in [0.1, 0.15) is 99.2 Å². The Morgan fingerprint density at radius 2 is 1.78 bits per heavy atom. The molecule has 2 fully saturated rings. The summed E-state index contributed by atoms with van der Waals surface area (Å²) in [5.41, 5.74) is 10.4. The highest BCUT2D eigenvalue weighted by Crippen LogP contribution is 2.38. The van der Waals surface area contributed by atoms with Gasteiger partial charge >= 0.3 is 0 Å². The molecule has 5 N–H and O–H groups in total. The van der Waals surface area contributed by atoms with Crippen LogP contribution in [0.3, 0.4) is 0 Å². The van der Waals surface area contributed by atoms with Crippen LogP contribution in [0, 0.1) is 5.92 Å². The summed E-state index contributed by atoms with van der Waals surface area (Å²) in [5.74, 6) is 1.95. The fraction of sp³-hybridized carbons (Fsp3) is 0.647. The minimum absolute atomic E-state index is 0.110. The van der Waals surface area contributed by atoms with Gasteiger partial charge in [-0.15, -0.1) is 0 Å². The molecule has 0 amide bonds. The zero-order chi connectivity index (χ0) is 33.1. The number of aromatic amines is 1. The number of aryl methyl sites for hydroxylation is 1. The molecule has 0 bridgehead atoms. The van der Waals surface area contributed by atoms with Gasteiger partial charge in [0.05, 0.1) is 17.4 Å². The number of nitrogens with one attached hydrogen (secondary N) is 1. The Hall–Kier alpha value is -3.12. The van der Waals surface area contributed by atoms with E-state index < -0.39 is 24.5 Å². The van der Waals surface area contributed by atoms with Crippen LogP contribution < -0.4 is 5.73 Å². The van der Waals surface area contributed by atoms with Crippen LogP contribution in [-0.2, 0) is 16.6 Å². The highest BCUT2D eigenvalue weighted by Gasteiger charge is 2.46. The summed E-state index contributed by atoms with van der Waals surface area (Å²) in [5, 5.41) is 21.8. The van der Waals surface area contributed by atoms with E-state index in [-0.39, 0.29) is 17.3 Å². The van der Waals surface area contributed by atoms with Crippen molar-refractivity contribution in [1.29, 1.82) is 0 Å². The van der Waals surface area contributed by atoms with E-state index in [2.05, 4.69) is 77.7 Å². The number of fused-ring (bicyclic) bond motifs is 2. The van der Waals surface area contributed by atoms with Crippen LogP contribution in [0.4, 0.5) is 5.82 Å². The lowest BCUT2D eigenvalue weighted by atomic mass is 9.76. The molecule has 1 saturated carbocycles. The number of rotatable bonds is 8. The second-order valence-corrected chi connectivity index (χ2v) is 13.1.